The van der Waals surface area contributed by atoms with E-state index < -0.39 is 12.0 Å². The molecule has 5 nitrogen and oxygen atoms in total. The number of carbonyl (C=O) groups is 1. The van der Waals surface area contributed by atoms with Crippen molar-refractivity contribution in [3.63, 3.8) is 0 Å². The van der Waals surface area contributed by atoms with Crippen molar-refractivity contribution in [2.75, 3.05) is 0 Å². The number of rotatable bonds is 3. The predicted molar refractivity (Wildman–Crippen MR) is 54.4 cm³/mol. The SMILES string of the molecule is NC(CC(=O)O)c1cc2ccccn2n1. The Balaban J connectivity index is 2.32. The third kappa shape index (κ3) is 1.97. The molecule has 0 amide bonds. The molecule has 3 N–H and O–H groups in total. The summed E-state index contributed by atoms with van der Waals surface area (Å²) in [7, 11) is 0. The van der Waals surface area contributed by atoms with Crippen LogP contribution in [0.1, 0.15) is 18.2 Å². The van der Waals surface area contributed by atoms with Crippen LogP contribution in [0.25, 0.3) is 5.52 Å². The highest BCUT2D eigenvalue weighted by Crippen LogP contribution is 2.14. The molecule has 2 aromatic heterocycles. The fraction of sp³-hybridized carbons (Fsp3) is 0.200. The monoisotopic (exact) mass is 205 g/mol. The summed E-state index contributed by atoms with van der Waals surface area (Å²) >= 11 is 0. The van der Waals surface area contributed by atoms with Crippen molar-refractivity contribution in [1.29, 1.82) is 0 Å². The molecule has 0 aliphatic heterocycles. The topological polar surface area (TPSA) is 80.6 Å². The maximum absolute atomic E-state index is 10.5. The van der Waals surface area contributed by atoms with E-state index in [-0.39, 0.29) is 6.42 Å². The van der Waals surface area contributed by atoms with Crippen molar-refractivity contribution >= 4 is 11.5 Å². The van der Waals surface area contributed by atoms with E-state index >= 15 is 0 Å². The molecule has 1 atom stereocenters. The number of hydrogen-bond donors (Lipinski definition) is 2. The van der Waals surface area contributed by atoms with E-state index in [1.807, 2.05) is 18.2 Å². The second-order valence-electron chi connectivity index (χ2n) is 3.34. The molecule has 0 radical (unpaired) electrons. The lowest BCUT2D eigenvalue weighted by Crippen LogP contribution is -2.15. The lowest BCUT2D eigenvalue weighted by molar-refractivity contribution is -0.137. The Kier molecular flexibility index (Phi) is 2.39. The largest absolute Gasteiger partial charge is 0.481 e. The van der Waals surface area contributed by atoms with Gasteiger partial charge in [0, 0.05) is 6.20 Å². The fourth-order valence-corrected chi connectivity index (χ4v) is 1.43. The molecule has 5 heteroatoms. The summed E-state index contributed by atoms with van der Waals surface area (Å²) in [6.07, 6.45) is 1.69. The number of nitrogens with zero attached hydrogens (tertiary/aromatic N) is 2. The van der Waals surface area contributed by atoms with Crippen molar-refractivity contribution in [1.82, 2.24) is 9.61 Å². The van der Waals surface area contributed by atoms with E-state index in [9.17, 15) is 4.79 Å². The van der Waals surface area contributed by atoms with Crippen LogP contribution >= 0.6 is 0 Å². The molecule has 0 aromatic carbocycles. The van der Waals surface area contributed by atoms with Gasteiger partial charge in [-0.3, -0.25) is 4.79 Å². The van der Waals surface area contributed by atoms with E-state index in [0.29, 0.717) is 5.69 Å². The average molecular weight is 205 g/mol. The predicted octanol–water partition coefficient (Wildman–Crippen LogP) is 0.809. The van der Waals surface area contributed by atoms with Gasteiger partial charge in [0.05, 0.1) is 23.7 Å². The van der Waals surface area contributed by atoms with Gasteiger partial charge in [0.25, 0.3) is 0 Å². The number of pyridine rings is 1. The van der Waals surface area contributed by atoms with Crippen LogP contribution in [0, 0.1) is 0 Å². The van der Waals surface area contributed by atoms with Crippen LogP contribution in [0.4, 0.5) is 0 Å². The summed E-state index contributed by atoms with van der Waals surface area (Å²) in [6.45, 7) is 0. The van der Waals surface area contributed by atoms with Gasteiger partial charge in [-0.1, -0.05) is 6.07 Å². The summed E-state index contributed by atoms with van der Waals surface area (Å²) in [5, 5.41) is 12.8. The summed E-state index contributed by atoms with van der Waals surface area (Å²) in [5.41, 5.74) is 7.21. The van der Waals surface area contributed by atoms with Gasteiger partial charge >= 0.3 is 5.97 Å². The Morgan fingerprint density at radius 2 is 2.40 bits per heavy atom. The van der Waals surface area contributed by atoms with Crippen LogP contribution in [0.15, 0.2) is 30.5 Å². The second-order valence-corrected chi connectivity index (χ2v) is 3.34. The molecule has 0 saturated heterocycles. The first-order valence-corrected chi connectivity index (χ1v) is 4.58. The van der Waals surface area contributed by atoms with Gasteiger partial charge in [-0.15, -0.1) is 0 Å². The van der Waals surface area contributed by atoms with Crippen LogP contribution in [-0.4, -0.2) is 20.7 Å². The minimum Gasteiger partial charge on any atom is -0.481 e. The van der Waals surface area contributed by atoms with E-state index in [4.69, 9.17) is 10.8 Å². The third-order valence-electron chi connectivity index (χ3n) is 2.16. The molecule has 0 saturated carbocycles. The zero-order chi connectivity index (χ0) is 10.8. The molecule has 2 aromatic rings. The molecular formula is C10H11N3O2. The van der Waals surface area contributed by atoms with E-state index in [1.54, 1.807) is 16.8 Å². The molecule has 2 rings (SSSR count). The van der Waals surface area contributed by atoms with Crippen molar-refractivity contribution in [3.05, 3.63) is 36.2 Å². The molecule has 0 aliphatic carbocycles. The van der Waals surface area contributed by atoms with Gasteiger partial charge in [-0.05, 0) is 18.2 Å². The first kappa shape index (κ1) is 9.67. The lowest BCUT2D eigenvalue weighted by atomic mass is 10.1. The number of aliphatic carboxylic acids is 1. The standard InChI is InChI=1S/C10H11N3O2/c11-8(6-10(14)15)9-5-7-3-1-2-4-13(7)12-9/h1-5,8H,6,11H2,(H,14,15). The highest BCUT2D eigenvalue weighted by molar-refractivity contribution is 5.68. The molecule has 1 unspecified atom stereocenters. The molecule has 2 heterocycles. The summed E-state index contributed by atoms with van der Waals surface area (Å²) in [4.78, 5) is 10.5. The second kappa shape index (κ2) is 3.70. The molecule has 0 fully saturated rings. The van der Waals surface area contributed by atoms with Crippen LogP contribution in [-0.2, 0) is 4.79 Å². The summed E-state index contributed by atoms with van der Waals surface area (Å²) < 4.78 is 1.68. The van der Waals surface area contributed by atoms with Crippen molar-refractivity contribution in [3.8, 4) is 0 Å². The Hall–Kier alpha value is -1.88. The van der Waals surface area contributed by atoms with Crippen LogP contribution in [0.5, 0.6) is 0 Å². The highest BCUT2D eigenvalue weighted by Gasteiger charge is 2.13. The quantitative estimate of drug-likeness (QED) is 0.776. The van der Waals surface area contributed by atoms with Crippen LogP contribution < -0.4 is 5.73 Å². The number of aromatic nitrogens is 2. The molecule has 0 aliphatic rings. The number of fused-ring (bicyclic) bond motifs is 1. The molecular weight excluding hydrogens is 194 g/mol. The van der Waals surface area contributed by atoms with Gasteiger partial charge in [-0.2, -0.15) is 5.10 Å². The lowest BCUT2D eigenvalue weighted by Gasteiger charge is -2.03. The molecule has 0 spiro atoms. The van der Waals surface area contributed by atoms with Gasteiger partial charge in [0.15, 0.2) is 0 Å². The maximum Gasteiger partial charge on any atom is 0.305 e. The van der Waals surface area contributed by atoms with Crippen molar-refractivity contribution in [2.24, 2.45) is 5.73 Å². The van der Waals surface area contributed by atoms with E-state index in [0.717, 1.165) is 5.52 Å². The van der Waals surface area contributed by atoms with Crippen LogP contribution in [0.3, 0.4) is 0 Å². The van der Waals surface area contributed by atoms with Crippen molar-refractivity contribution in [2.45, 2.75) is 12.5 Å². The normalized spacial score (nSPS) is 12.9. The Morgan fingerprint density at radius 1 is 1.60 bits per heavy atom. The summed E-state index contributed by atoms with van der Waals surface area (Å²) in [6, 6.07) is 6.88. The fourth-order valence-electron chi connectivity index (χ4n) is 1.43. The zero-order valence-electron chi connectivity index (χ0n) is 8.00. The van der Waals surface area contributed by atoms with Gasteiger partial charge in [-0.25, -0.2) is 4.52 Å². The summed E-state index contributed by atoms with van der Waals surface area (Å²) in [5.74, 6) is -0.917. The number of hydrogen-bond acceptors (Lipinski definition) is 3. The minimum absolute atomic E-state index is 0.107. The van der Waals surface area contributed by atoms with E-state index in [1.165, 1.54) is 0 Å². The highest BCUT2D eigenvalue weighted by atomic mass is 16.4. The first-order chi connectivity index (χ1) is 7.16. The average Bonchev–Trinajstić information content (AvgIpc) is 2.59. The molecule has 0 bridgehead atoms. The number of carboxylic acid groups (broad SMARTS) is 1. The van der Waals surface area contributed by atoms with Crippen molar-refractivity contribution < 1.29 is 9.90 Å². The van der Waals surface area contributed by atoms with E-state index in [2.05, 4.69) is 5.10 Å². The molecule has 15 heavy (non-hydrogen) atoms. The third-order valence-corrected chi connectivity index (χ3v) is 2.16. The Morgan fingerprint density at radius 3 is 3.07 bits per heavy atom. The van der Waals surface area contributed by atoms with Gasteiger partial charge < -0.3 is 10.8 Å². The number of carboxylic acids is 1. The Bertz CT molecular complexity index is 459. The van der Waals surface area contributed by atoms with Gasteiger partial charge in [0.1, 0.15) is 0 Å². The smallest absolute Gasteiger partial charge is 0.305 e. The maximum atomic E-state index is 10.5. The Labute approximate surface area is 86.1 Å². The molecule has 78 valence electrons. The first-order valence-electron chi connectivity index (χ1n) is 4.58. The van der Waals surface area contributed by atoms with Crippen LogP contribution in [0.2, 0.25) is 0 Å². The number of nitrogens with two attached hydrogens (primary N) is 1. The minimum atomic E-state index is -0.917. The zero-order valence-corrected chi connectivity index (χ0v) is 8.00. The van der Waals surface area contributed by atoms with Gasteiger partial charge in [0.2, 0.25) is 0 Å².